The van der Waals surface area contributed by atoms with Crippen molar-refractivity contribution in [2.75, 3.05) is 5.32 Å². The van der Waals surface area contributed by atoms with Crippen LogP contribution in [0.5, 0.6) is 0 Å². The second kappa shape index (κ2) is 6.69. The number of nitrogens with one attached hydrogen (secondary N) is 1. The Hall–Kier alpha value is -1.66. The van der Waals surface area contributed by atoms with Crippen LogP contribution in [0, 0.1) is 11.8 Å². The molecule has 126 valence electrons. The number of carbonyl (C=O) groups excluding carboxylic acids is 3. The fourth-order valence-electron chi connectivity index (χ4n) is 3.13. The number of rotatable bonds is 3. The number of amides is 3. The highest BCUT2D eigenvalue weighted by Gasteiger charge is 2.51. The molecule has 5 nitrogen and oxygen atoms in total. The van der Waals surface area contributed by atoms with E-state index in [1.165, 1.54) is 0 Å². The van der Waals surface area contributed by atoms with Gasteiger partial charge < -0.3 is 5.32 Å². The molecule has 1 heterocycles. The van der Waals surface area contributed by atoms with Gasteiger partial charge in [0, 0.05) is 15.2 Å². The van der Waals surface area contributed by atoms with Crippen molar-refractivity contribution in [2.24, 2.45) is 11.8 Å². The van der Waals surface area contributed by atoms with Gasteiger partial charge in [-0.05, 0) is 44.0 Å². The molecular weight excluding hydrogens is 396 g/mol. The smallest absolute Gasteiger partial charge is 0.247 e. The molecule has 2 aliphatic rings. The predicted molar refractivity (Wildman–Crippen MR) is 94.2 cm³/mol. The maximum atomic E-state index is 12.6. The molecule has 1 N–H and O–H groups in total. The molecule has 0 aromatic heterocycles. The Morgan fingerprint density at radius 3 is 2.54 bits per heavy atom. The van der Waals surface area contributed by atoms with E-state index in [9.17, 15) is 14.4 Å². The van der Waals surface area contributed by atoms with Crippen LogP contribution in [0.15, 0.2) is 39.8 Å². The van der Waals surface area contributed by atoms with E-state index >= 15 is 0 Å². The summed E-state index contributed by atoms with van der Waals surface area (Å²) in [6.45, 7) is 1.57. The van der Waals surface area contributed by atoms with E-state index in [0.29, 0.717) is 23.6 Å². The first-order valence-corrected chi connectivity index (χ1v) is 8.83. The maximum Gasteiger partial charge on any atom is 0.247 e. The summed E-state index contributed by atoms with van der Waals surface area (Å²) in [7, 11) is 0. The standard InChI is InChI=1S/C17H16BrClN2O3/c1-9(15(22)20-12-5-2-10(18)3-6-12)21-16(23)13-7-4-11(19)8-14(13)17(21)24/h2-6,9,13-14H,7-8H2,1H3,(H,20,22)/t9-,13+,14-/m1/s1. The van der Waals surface area contributed by atoms with Crippen LogP contribution in [-0.2, 0) is 14.4 Å². The molecule has 1 fully saturated rings. The first-order valence-electron chi connectivity index (χ1n) is 7.66. The SMILES string of the molecule is C[C@H](C(=O)Nc1ccc(Br)cc1)N1C(=O)[C@H]2CC=C(Cl)C[C@H]2C1=O. The Morgan fingerprint density at radius 2 is 1.88 bits per heavy atom. The van der Waals surface area contributed by atoms with Crippen LogP contribution < -0.4 is 5.32 Å². The van der Waals surface area contributed by atoms with Crippen LogP contribution in [0.1, 0.15) is 19.8 Å². The van der Waals surface area contributed by atoms with Crippen molar-refractivity contribution in [3.8, 4) is 0 Å². The molecule has 3 atom stereocenters. The van der Waals surface area contributed by atoms with E-state index in [2.05, 4.69) is 21.2 Å². The topological polar surface area (TPSA) is 66.5 Å². The quantitative estimate of drug-likeness (QED) is 0.776. The van der Waals surface area contributed by atoms with E-state index in [1.54, 1.807) is 37.3 Å². The predicted octanol–water partition coefficient (Wildman–Crippen LogP) is 3.29. The third-order valence-electron chi connectivity index (χ3n) is 4.48. The number of benzene rings is 1. The van der Waals surface area contributed by atoms with E-state index in [-0.39, 0.29) is 11.8 Å². The van der Waals surface area contributed by atoms with Gasteiger partial charge in [0.25, 0.3) is 0 Å². The molecule has 1 saturated heterocycles. The van der Waals surface area contributed by atoms with Crippen LogP contribution in [0.3, 0.4) is 0 Å². The number of allylic oxidation sites excluding steroid dienone is 2. The first kappa shape index (κ1) is 17.2. The molecule has 1 aromatic carbocycles. The van der Waals surface area contributed by atoms with Gasteiger partial charge in [0.2, 0.25) is 17.7 Å². The number of likely N-dealkylation sites (tertiary alicyclic amines) is 1. The molecule has 0 saturated carbocycles. The molecule has 1 aliphatic heterocycles. The third kappa shape index (κ3) is 3.13. The van der Waals surface area contributed by atoms with Gasteiger partial charge in [-0.3, -0.25) is 19.3 Å². The van der Waals surface area contributed by atoms with Crippen molar-refractivity contribution in [1.82, 2.24) is 4.90 Å². The van der Waals surface area contributed by atoms with Gasteiger partial charge in [-0.1, -0.05) is 33.6 Å². The zero-order valence-electron chi connectivity index (χ0n) is 13.0. The van der Waals surface area contributed by atoms with Gasteiger partial charge in [0.15, 0.2) is 0 Å². The van der Waals surface area contributed by atoms with Crippen molar-refractivity contribution in [3.05, 3.63) is 39.8 Å². The minimum absolute atomic E-state index is 0.288. The molecule has 24 heavy (non-hydrogen) atoms. The lowest BCUT2D eigenvalue weighted by molar-refractivity contribution is -0.146. The summed E-state index contributed by atoms with van der Waals surface area (Å²) in [5, 5.41) is 3.34. The fraction of sp³-hybridized carbons (Fsp3) is 0.353. The molecule has 0 spiro atoms. The largest absolute Gasteiger partial charge is 0.324 e. The van der Waals surface area contributed by atoms with Crippen LogP contribution in [-0.4, -0.2) is 28.7 Å². The molecule has 3 amide bonds. The van der Waals surface area contributed by atoms with Gasteiger partial charge in [-0.15, -0.1) is 0 Å². The van der Waals surface area contributed by atoms with E-state index in [4.69, 9.17) is 11.6 Å². The Morgan fingerprint density at radius 1 is 1.25 bits per heavy atom. The maximum absolute atomic E-state index is 12.6. The average molecular weight is 412 g/mol. The Labute approximate surface area is 153 Å². The van der Waals surface area contributed by atoms with Gasteiger partial charge in [0.1, 0.15) is 6.04 Å². The fourth-order valence-corrected chi connectivity index (χ4v) is 3.65. The highest BCUT2D eigenvalue weighted by molar-refractivity contribution is 9.10. The molecule has 7 heteroatoms. The van der Waals surface area contributed by atoms with Crippen LogP contribution in [0.2, 0.25) is 0 Å². The summed E-state index contributed by atoms with van der Waals surface area (Å²) < 4.78 is 0.895. The summed E-state index contributed by atoms with van der Waals surface area (Å²) in [4.78, 5) is 38.6. The number of carbonyl (C=O) groups is 3. The number of anilines is 1. The van der Waals surface area contributed by atoms with Crippen LogP contribution >= 0.6 is 27.5 Å². The Bertz CT molecular complexity index is 732. The zero-order chi connectivity index (χ0) is 17.4. The zero-order valence-corrected chi connectivity index (χ0v) is 15.3. The van der Waals surface area contributed by atoms with Gasteiger partial charge >= 0.3 is 0 Å². The summed E-state index contributed by atoms with van der Waals surface area (Å²) in [6, 6.07) is 6.22. The third-order valence-corrected chi connectivity index (χ3v) is 5.32. The highest BCUT2D eigenvalue weighted by atomic mass is 79.9. The van der Waals surface area contributed by atoms with Crippen molar-refractivity contribution in [1.29, 1.82) is 0 Å². The lowest BCUT2D eigenvalue weighted by atomic mass is 9.85. The summed E-state index contributed by atoms with van der Waals surface area (Å²) >= 11 is 9.33. The highest BCUT2D eigenvalue weighted by Crippen LogP contribution is 2.39. The number of fused-ring (bicyclic) bond motifs is 1. The van der Waals surface area contributed by atoms with E-state index in [0.717, 1.165) is 9.37 Å². The van der Waals surface area contributed by atoms with Gasteiger partial charge in [0.05, 0.1) is 11.8 Å². The van der Waals surface area contributed by atoms with Crippen molar-refractivity contribution < 1.29 is 14.4 Å². The first-order chi connectivity index (χ1) is 11.4. The van der Waals surface area contributed by atoms with E-state index in [1.807, 2.05) is 0 Å². The summed E-state index contributed by atoms with van der Waals surface area (Å²) in [5.41, 5.74) is 0.608. The van der Waals surface area contributed by atoms with E-state index < -0.39 is 23.8 Å². The van der Waals surface area contributed by atoms with Crippen molar-refractivity contribution in [2.45, 2.75) is 25.8 Å². The van der Waals surface area contributed by atoms with Crippen LogP contribution in [0.25, 0.3) is 0 Å². The van der Waals surface area contributed by atoms with Crippen LogP contribution in [0.4, 0.5) is 5.69 Å². The Kier molecular flexibility index (Phi) is 4.78. The summed E-state index contributed by atoms with van der Waals surface area (Å²) in [6.07, 6.45) is 2.60. The second-order valence-electron chi connectivity index (χ2n) is 6.02. The minimum Gasteiger partial charge on any atom is -0.324 e. The average Bonchev–Trinajstić information content (AvgIpc) is 2.79. The molecular formula is C17H16BrClN2O3. The minimum atomic E-state index is -0.863. The molecule has 3 rings (SSSR count). The number of hydrogen-bond acceptors (Lipinski definition) is 3. The monoisotopic (exact) mass is 410 g/mol. The normalized spacial score (nSPS) is 24.5. The molecule has 1 aromatic rings. The van der Waals surface area contributed by atoms with Crippen molar-refractivity contribution in [3.63, 3.8) is 0 Å². The number of halogens is 2. The second-order valence-corrected chi connectivity index (χ2v) is 7.42. The lowest BCUT2D eigenvalue weighted by Crippen LogP contribution is -2.46. The molecule has 0 radical (unpaired) electrons. The van der Waals surface area contributed by atoms with Gasteiger partial charge in [-0.25, -0.2) is 0 Å². The lowest BCUT2D eigenvalue weighted by Gasteiger charge is -2.22. The number of imide groups is 1. The van der Waals surface area contributed by atoms with Crippen molar-refractivity contribution >= 4 is 50.9 Å². The molecule has 0 unspecified atom stereocenters. The molecule has 1 aliphatic carbocycles. The number of hydrogen-bond donors (Lipinski definition) is 1. The molecule has 0 bridgehead atoms. The number of nitrogens with zero attached hydrogens (tertiary/aromatic N) is 1. The summed E-state index contributed by atoms with van der Waals surface area (Å²) in [5.74, 6) is -1.84. The Balaban J connectivity index is 1.74. The van der Waals surface area contributed by atoms with Gasteiger partial charge in [-0.2, -0.15) is 0 Å².